The van der Waals surface area contributed by atoms with E-state index in [1.165, 1.54) is 43.7 Å². The fraction of sp³-hybridized carbons (Fsp3) is 0.143. The summed E-state index contributed by atoms with van der Waals surface area (Å²) in [5, 5.41) is 5.01. The maximum Gasteiger partial charge on any atom is 0.0550 e. The monoisotopic (exact) mass is 373 g/mol. The summed E-state index contributed by atoms with van der Waals surface area (Å²) in [6, 6.07) is 28.0. The highest BCUT2D eigenvalue weighted by atomic mass is 14.7. The predicted octanol–water partition coefficient (Wildman–Crippen LogP) is 7.54. The molecule has 0 aliphatic carbocycles. The molecule has 4 aromatic carbocycles. The van der Waals surface area contributed by atoms with Gasteiger partial charge in [-0.25, -0.2) is 0 Å². The molecule has 0 aliphatic heterocycles. The third-order valence-corrected chi connectivity index (χ3v) is 5.29. The average molecular weight is 373 g/mol. The summed E-state index contributed by atoms with van der Waals surface area (Å²) in [5.74, 6) is 6.85. The lowest BCUT2D eigenvalue weighted by Gasteiger charge is -2.11. The largest absolute Gasteiger partial charge is 0.354 e. The summed E-state index contributed by atoms with van der Waals surface area (Å²) in [5.41, 5.74) is 5.81. The molecular formula is C28H23N. The standard InChI is InChI=1S/C28H23N/c1-28(2,3)17-16-19-10-4-6-12-21(19)24-18-20-11-5-7-13-22(20)27-26(24)23-14-8-9-15-25(23)29-27/h4-15,18,29H,1-3H3. The van der Waals surface area contributed by atoms with Gasteiger partial charge in [0.2, 0.25) is 0 Å². The third kappa shape index (κ3) is 3.08. The molecular weight excluding hydrogens is 350 g/mol. The Balaban J connectivity index is 1.92. The molecule has 0 spiro atoms. The first kappa shape index (κ1) is 17.6. The topological polar surface area (TPSA) is 15.8 Å². The van der Waals surface area contributed by atoms with Crippen LogP contribution in [0.4, 0.5) is 0 Å². The number of hydrogen-bond acceptors (Lipinski definition) is 0. The van der Waals surface area contributed by atoms with E-state index in [9.17, 15) is 0 Å². The normalized spacial score (nSPS) is 11.7. The van der Waals surface area contributed by atoms with E-state index in [4.69, 9.17) is 0 Å². The summed E-state index contributed by atoms with van der Waals surface area (Å²) in [6.07, 6.45) is 0. The number of H-pyrrole nitrogens is 1. The van der Waals surface area contributed by atoms with Gasteiger partial charge in [-0.05, 0) is 55.5 Å². The molecule has 1 N–H and O–H groups in total. The Morgan fingerprint density at radius 3 is 2.24 bits per heavy atom. The minimum atomic E-state index is -0.0351. The van der Waals surface area contributed by atoms with Crippen molar-refractivity contribution >= 4 is 32.6 Å². The lowest BCUT2D eigenvalue weighted by Crippen LogP contribution is -1.99. The number of aromatic amines is 1. The van der Waals surface area contributed by atoms with Crippen molar-refractivity contribution in [1.82, 2.24) is 4.98 Å². The van der Waals surface area contributed by atoms with Crippen molar-refractivity contribution in [3.05, 3.63) is 84.4 Å². The molecule has 0 bridgehead atoms. The van der Waals surface area contributed by atoms with Crippen LogP contribution in [-0.2, 0) is 0 Å². The molecule has 5 aromatic rings. The van der Waals surface area contributed by atoms with Crippen molar-refractivity contribution in [2.45, 2.75) is 20.8 Å². The molecule has 29 heavy (non-hydrogen) atoms. The van der Waals surface area contributed by atoms with Gasteiger partial charge in [0.05, 0.1) is 5.52 Å². The van der Waals surface area contributed by atoms with E-state index in [2.05, 4.69) is 116 Å². The maximum absolute atomic E-state index is 3.67. The molecule has 1 nitrogen and oxygen atoms in total. The van der Waals surface area contributed by atoms with Gasteiger partial charge in [-0.1, -0.05) is 72.5 Å². The first-order valence-corrected chi connectivity index (χ1v) is 10.1. The fourth-order valence-corrected chi connectivity index (χ4v) is 4.00. The highest BCUT2D eigenvalue weighted by Gasteiger charge is 2.15. The van der Waals surface area contributed by atoms with Gasteiger partial charge in [-0.15, -0.1) is 0 Å². The van der Waals surface area contributed by atoms with Crippen molar-refractivity contribution in [3.8, 4) is 23.0 Å². The van der Waals surface area contributed by atoms with Crippen molar-refractivity contribution in [1.29, 1.82) is 0 Å². The van der Waals surface area contributed by atoms with E-state index >= 15 is 0 Å². The van der Waals surface area contributed by atoms with Gasteiger partial charge >= 0.3 is 0 Å². The van der Waals surface area contributed by atoms with Crippen LogP contribution >= 0.6 is 0 Å². The van der Waals surface area contributed by atoms with Crippen molar-refractivity contribution in [2.75, 3.05) is 0 Å². The minimum absolute atomic E-state index is 0.0351. The van der Waals surface area contributed by atoms with Crippen LogP contribution in [0, 0.1) is 17.3 Å². The van der Waals surface area contributed by atoms with Crippen LogP contribution in [0.25, 0.3) is 43.7 Å². The summed E-state index contributed by atoms with van der Waals surface area (Å²) in [4.78, 5) is 3.67. The van der Waals surface area contributed by atoms with Gasteiger partial charge in [0.1, 0.15) is 0 Å². The van der Waals surface area contributed by atoms with Crippen molar-refractivity contribution < 1.29 is 0 Å². The zero-order valence-electron chi connectivity index (χ0n) is 17.0. The second kappa shape index (κ2) is 6.54. The number of aromatic nitrogens is 1. The molecule has 0 atom stereocenters. The Bertz CT molecular complexity index is 1430. The number of nitrogens with one attached hydrogen (secondary N) is 1. The van der Waals surface area contributed by atoms with Crippen LogP contribution in [0.5, 0.6) is 0 Å². The Kier molecular flexibility index (Phi) is 3.96. The molecule has 0 unspecified atom stereocenters. The van der Waals surface area contributed by atoms with Crippen molar-refractivity contribution in [2.24, 2.45) is 5.41 Å². The third-order valence-electron chi connectivity index (χ3n) is 5.29. The van der Waals surface area contributed by atoms with E-state index < -0.39 is 0 Å². The molecule has 1 heterocycles. The molecule has 1 heteroatoms. The molecule has 0 saturated heterocycles. The Labute approximate surface area is 171 Å². The Morgan fingerprint density at radius 2 is 1.41 bits per heavy atom. The molecule has 5 rings (SSSR count). The fourth-order valence-electron chi connectivity index (χ4n) is 4.00. The first-order chi connectivity index (χ1) is 14.0. The molecule has 140 valence electrons. The quantitative estimate of drug-likeness (QED) is 0.292. The highest BCUT2D eigenvalue weighted by molar-refractivity contribution is 6.23. The summed E-state index contributed by atoms with van der Waals surface area (Å²) in [6.45, 7) is 6.45. The van der Waals surface area contributed by atoms with Gasteiger partial charge in [0.15, 0.2) is 0 Å². The number of fused-ring (bicyclic) bond motifs is 5. The maximum atomic E-state index is 3.67. The van der Waals surface area contributed by atoms with E-state index in [1.807, 2.05) is 0 Å². The van der Waals surface area contributed by atoms with Gasteiger partial charge in [0, 0.05) is 32.7 Å². The zero-order chi connectivity index (χ0) is 20.0. The minimum Gasteiger partial charge on any atom is -0.354 e. The lowest BCUT2D eigenvalue weighted by molar-refractivity contribution is 0.571. The molecule has 0 saturated carbocycles. The van der Waals surface area contributed by atoms with E-state index in [0.29, 0.717) is 0 Å². The van der Waals surface area contributed by atoms with E-state index in [-0.39, 0.29) is 5.41 Å². The van der Waals surface area contributed by atoms with Crippen LogP contribution in [0.2, 0.25) is 0 Å². The zero-order valence-corrected chi connectivity index (χ0v) is 17.0. The molecule has 0 amide bonds. The van der Waals surface area contributed by atoms with Crippen LogP contribution < -0.4 is 0 Å². The van der Waals surface area contributed by atoms with Gasteiger partial charge in [-0.2, -0.15) is 0 Å². The van der Waals surface area contributed by atoms with Crippen LogP contribution in [0.15, 0.2) is 78.9 Å². The van der Waals surface area contributed by atoms with E-state index in [0.717, 1.165) is 5.56 Å². The second-order valence-electron chi connectivity index (χ2n) is 8.61. The molecule has 0 aliphatic rings. The van der Waals surface area contributed by atoms with Crippen LogP contribution in [-0.4, -0.2) is 4.98 Å². The smallest absolute Gasteiger partial charge is 0.0550 e. The van der Waals surface area contributed by atoms with Gasteiger partial charge < -0.3 is 4.98 Å². The SMILES string of the molecule is CC(C)(C)C#Cc1ccccc1-c1cc2ccccc2c2[nH]c3ccccc3c12. The number of para-hydroxylation sites is 1. The summed E-state index contributed by atoms with van der Waals surface area (Å²) in [7, 11) is 0. The first-order valence-electron chi connectivity index (χ1n) is 10.1. The van der Waals surface area contributed by atoms with Crippen LogP contribution in [0.3, 0.4) is 0 Å². The van der Waals surface area contributed by atoms with Crippen molar-refractivity contribution in [3.63, 3.8) is 0 Å². The number of rotatable bonds is 1. The molecule has 0 fully saturated rings. The predicted molar refractivity (Wildman–Crippen MR) is 125 cm³/mol. The lowest BCUT2D eigenvalue weighted by atomic mass is 9.91. The number of benzene rings is 4. The van der Waals surface area contributed by atoms with Gasteiger partial charge in [-0.3, -0.25) is 0 Å². The second-order valence-corrected chi connectivity index (χ2v) is 8.61. The summed E-state index contributed by atoms with van der Waals surface area (Å²) >= 11 is 0. The molecule has 1 aromatic heterocycles. The van der Waals surface area contributed by atoms with Gasteiger partial charge in [0.25, 0.3) is 0 Å². The van der Waals surface area contributed by atoms with Crippen LogP contribution in [0.1, 0.15) is 26.3 Å². The highest BCUT2D eigenvalue weighted by Crippen LogP contribution is 2.40. The molecule has 0 radical (unpaired) electrons. The average Bonchev–Trinajstić information content (AvgIpc) is 3.11. The Morgan fingerprint density at radius 1 is 0.724 bits per heavy atom. The Hall–Kier alpha value is -3.50. The van der Waals surface area contributed by atoms with E-state index in [1.54, 1.807) is 0 Å². The summed E-state index contributed by atoms with van der Waals surface area (Å²) < 4.78 is 0. The number of hydrogen-bond donors (Lipinski definition) is 1.